The molecule has 0 aromatic rings. The SMILES string of the molecule is CCC(C(=O)O)C1CCN1. The second-order valence-corrected chi connectivity index (χ2v) is 2.70. The molecule has 2 unspecified atom stereocenters. The summed E-state index contributed by atoms with van der Waals surface area (Å²) >= 11 is 0. The highest BCUT2D eigenvalue weighted by Gasteiger charge is 2.30. The van der Waals surface area contributed by atoms with Crippen molar-refractivity contribution in [2.24, 2.45) is 5.92 Å². The van der Waals surface area contributed by atoms with Crippen LogP contribution in [-0.2, 0) is 4.79 Å². The number of hydrogen-bond donors (Lipinski definition) is 2. The highest BCUT2D eigenvalue weighted by atomic mass is 16.4. The van der Waals surface area contributed by atoms with Crippen LogP contribution in [0.4, 0.5) is 0 Å². The third kappa shape index (κ3) is 1.29. The second-order valence-electron chi connectivity index (χ2n) is 2.70. The Balaban J connectivity index is 2.39. The predicted octanol–water partition coefficient (Wildman–Crippen LogP) is 0.459. The first-order chi connectivity index (χ1) is 4.75. The Hall–Kier alpha value is -0.570. The van der Waals surface area contributed by atoms with Gasteiger partial charge in [0, 0.05) is 6.04 Å². The van der Waals surface area contributed by atoms with Crippen LogP contribution >= 0.6 is 0 Å². The van der Waals surface area contributed by atoms with Gasteiger partial charge in [0.1, 0.15) is 0 Å². The van der Waals surface area contributed by atoms with Crippen LogP contribution in [0.5, 0.6) is 0 Å². The average molecular weight is 143 g/mol. The third-order valence-electron chi connectivity index (χ3n) is 2.10. The average Bonchev–Trinajstić information content (AvgIpc) is 1.76. The summed E-state index contributed by atoms with van der Waals surface area (Å²) in [5, 5.41) is 11.8. The zero-order valence-electron chi connectivity index (χ0n) is 6.13. The zero-order valence-corrected chi connectivity index (χ0v) is 6.13. The molecule has 58 valence electrons. The molecule has 3 nitrogen and oxygen atoms in total. The van der Waals surface area contributed by atoms with Gasteiger partial charge >= 0.3 is 5.97 Å². The Morgan fingerprint density at radius 3 is 2.60 bits per heavy atom. The molecule has 2 atom stereocenters. The maximum atomic E-state index is 10.5. The van der Waals surface area contributed by atoms with Crippen LogP contribution in [0.1, 0.15) is 19.8 Å². The molecule has 1 rings (SSSR count). The first-order valence-corrected chi connectivity index (χ1v) is 3.72. The predicted molar refractivity (Wildman–Crippen MR) is 37.8 cm³/mol. The number of hydrogen-bond acceptors (Lipinski definition) is 2. The molecule has 1 aliphatic heterocycles. The van der Waals surface area contributed by atoms with Gasteiger partial charge < -0.3 is 10.4 Å². The molecular formula is C7H13NO2. The van der Waals surface area contributed by atoms with E-state index in [0.717, 1.165) is 19.4 Å². The Bertz CT molecular complexity index is 132. The number of nitrogens with one attached hydrogen (secondary N) is 1. The van der Waals surface area contributed by atoms with Gasteiger partial charge in [-0.2, -0.15) is 0 Å². The Kier molecular flexibility index (Phi) is 2.27. The monoisotopic (exact) mass is 143 g/mol. The Morgan fingerprint density at radius 2 is 2.50 bits per heavy atom. The van der Waals surface area contributed by atoms with E-state index in [1.165, 1.54) is 0 Å². The summed E-state index contributed by atoms with van der Waals surface area (Å²) in [6.07, 6.45) is 1.75. The summed E-state index contributed by atoms with van der Waals surface area (Å²) in [4.78, 5) is 10.5. The largest absolute Gasteiger partial charge is 0.481 e. The fourth-order valence-corrected chi connectivity index (χ4v) is 1.29. The van der Waals surface area contributed by atoms with Crippen molar-refractivity contribution in [3.8, 4) is 0 Å². The number of rotatable bonds is 3. The van der Waals surface area contributed by atoms with Gasteiger partial charge in [-0.3, -0.25) is 4.79 Å². The van der Waals surface area contributed by atoms with E-state index in [2.05, 4.69) is 5.32 Å². The minimum Gasteiger partial charge on any atom is -0.481 e. The molecule has 1 fully saturated rings. The van der Waals surface area contributed by atoms with E-state index in [9.17, 15) is 4.79 Å². The van der Waals surface area contributed by atoms with Crippen molar-refractivity contribution in [3.63, 3.8) is 0 Å². The molecule has 0 aromatic carbocycles. The molecule has 0 aromatic heterocycles. The smallest absolute Gasteiger partial charge is 0.308 e. The first kappa shape index (κ1) is 7.54. The lowest BCUT2D eigenvalue weighted by Crippen LogP contribution is -2.50. The minimum absolute atomic E-state index is 0.172. The van der Waals surface area contributed by atoms with Crippen molar-refractivity contribution in [2.75, 3.05) is 6.54 Å². The molecule has 1 heterocycles. The molecule has 0 radical (unpaired) electrons. The lowest BCUT2D eigenvalue weighted by atomic mass is 9.90. The fourth-order valence-electron chi connectivity index (χ4n) is 1.29. The standard InChI is InChI=1S/C7H13NO2/c1-2-5(7(9)10)6-3-4-8-6/h5-6,8H,2-4H2,1H3,(H,9,10). The van der Waals surface area contributed by atoms with Gasteiger partial charge in [-0.25, -0.2) is 0 Å². The molecule has 0 saturated carbocycles. The van der Waals surface area contributed by atoms with Gasteiger partial charge in [0.15, 0.2) is 0 Å². The quantitative estimate of drug-likeness (QED) is 0.603. The molecule has 0 aliphatic carbocycles. The van der Waals surface area contributed by atoms with Gasteiger partial charge in [0.05, 0.1) is 5.92 Å². The number of carboxylic acids is 1. The maximum Gasteiger partial charge on any atom is 0.308 e. The molecule has 1 aliphatic rings. The van der Waals surface area contributed by atoms with Gasteiger partial charge in [0.25, 0.3) is 0 Å². The summed E-state index contributed by atoms with van der Waals surface area (Å²) < 4.78 is 0. The Labute approximate surface area is 60.4 Å². The molecule has 0 amide bonds. The van der Waals surface area contributed by atoms with E-state index < -0.39 is 5.97 Å². The third-order valence-corrected chi connectivity index (χ3v) is 2.10. The normalized spacial score (nSPS) is 27.1. The van der Waals surface area contributed by atoms with Crippen molar-refractivity contribution in [1.82, 2.24) is 5.32 Å². The maximum absolute atomic E-state index is 10.5. The number of carboxylic acid groups (broad SMARTS) is 1. The zero-order chi connectivity index (χ0) is 7.56. The summed E-state index contributed by atoms with van der Waals surface area (Å²) in [6.45, 7) is 2.90. The van der Waals surface area contributed by atoms with E-state index in [1.54, 1.807) is 0 Å². The number of aliphatic carboxylic acids is 1. The summed E-state index contributed by atoms with van der Waals surface area (Å²) in [6, 6.07) is 0.238. The van der Waals surface area contributed by atoms with Gasteiger partial charge in [-0.15, -0.1) is 0 Å². The van der Waals surface area contributed by atoms with Crippen LogP contribution in [-0.4, -0.2) is 23.7 Å². The molecule has 2 N–H and O–H groups in total. The van der Waals surface area contributed by atoms with Crippen LogP contribution in [0.15, 0.2) is 0 Å². The molecule has 3 heteroatoms. The van der Waals surface area contributed by atoms with E-state index in [0.29, 0.717) is 0 Å². The summed E-state index contributed by atoms with van der Waals surface area (Å²) in [5.74, 6) is -0.839. The van der Waals surface area contributed by atoms with Crippen LogP contribution < -0.4 is 5.32 Å². The van der Waals surface area contributed by atoms with Crippen LogP contribution in [0.25, 0.3) is 0 Å². The lowest BCUT2D eigenvalue weighted by Gasteiger charge is -2.32. The minimum atomic E-state index is -0.667. The lowest BCUT2D eigenvalue weighted by molar-refractivity contribution is -0.143. The van der Waals surface area contributed by atoms with Crippen molar-refractivity contribution in [1.29, 1.82) is 0 Å². The van der Waals surface area contributed by atoms with Crippen LogP contribution in [0.2, 0.25) is 0 Å². The van der Waals surface area contributed by atoms with E-state index in [4.69, 9.17) is 5.11 Å². The van der Waals surface area contributed by atoms with E-state index in [1.807, 2.05) is 6.92 Å². The van der Waals surface area contributed by atoms with E-state index >= 15 is 0 Å². The summed E-state index contributed by atoms with van der Waals surface area (Å²) in [5.41, 5.74) is 0. The number of carbonyl (C=O) groups is 1. The molecule has 0 bridgehead atoms. The second kappa shape index (κ2) is 3.01. The van der Waals surface area contributed by atoms with Crippen LogP contribution in [0, 0.1) is 5.92 Å². The Morgan fingerprint density at radius 1 is 1.90 bits per heavy atom. The topological polar surface area (TPSA) is 49.3 Å². The summed E-state index contributed by atoms with van der Waals surface area (Å²) in [7, 11) is 0. The highest BCUT2D eigenvalue weighted by Crippen LogP contribution is 2.17. The molecular weight excluding hydrogens is 130 g/mol. The highest BCUT2D eigenvalue weighted by molar-refractivity contribution is 5.71. The van der Waals surface area contributed by atoms with Gasteiger partial charge in [0.2, 0.25) is 0 Å². The first-order valence-electron chi connectivity index (χ1n) is 3.72. The molecule has 0 spiro atoms. The molecule has 10 heavy (non-hydrogen) atoms. The van der Waals surface area contributed by atoms with E-state index in [-0.39, 0.29) is 12.0 Å². The van der Waals surface area contributed by atoms with Gasteiger partial charge in [-0.05, 0) is 19.4 Å². The fraction of sp³-hybridized carbons (Fsp3) is 0.857. The molecule has 1 saturated heterocycles. The van der Waals surface area contributed by atoms with Crippen molar-refractivity contribution < 1.29 is 9.90 Å². The van der Waals surface area contributed by atoms with Crippen molar-refractivity contribution in [2.45, 2.75) is 25.8 Å². The van der Waals surface area contributed by atoms with Crippen molar-refractivity contribution in [3.05, 3.63) is 0 Å². The van der Waals surface area contributed by atoms with Crippen LogP contribution in [0.3, 0.4) is 0 Å². The van der Waals surface area contributed by atoms with Crippen molar-refractivity contribution >= 4 is 5.97 Å². The van der Waals surface area contributed by atoms with Gasteiger partial charge in [-0.1, -0.05) is 6.92 Å².